The zero-order chi connectivity index (χ0) is 42.7. The van der Waals surface area contributed by atoms with Crippen molar-refractivity contribution < 1.29 is 57.6 Å². The average molecular weight is 823 g/mol. The van der Waals surface area contributed by atoms with Crippen LogP contribution in [0.4, 0.5) is 0 Å². The Kier molecular flexibility index (Phi) is 20.0. The molecule has 0 aromatic heterocycles. The first-order valence-electron chi connectivity index (χ1n) is 21.6. The summed E-state index contributed by atoms with van der Waals surface area (Å²) < 4.78 is 59.2. The molecule has 0 radical (unpaired) electrons. The smallest absolute Gasteiger partial charge is 0.158 e. The minimum Gasteiger partial charge on any atom is -0.390 e. The summed E-state index contributed by atoms with van der Waals surface area (Å²) in [5.41, 5.74) is 2.07. The largest absolute Gasteiger partial charge is 0.390 e. The maximum absolute atomic E-state index is 11.3. The molecular formula is C46H78O12. The SMILES string of the molecule is CC[C@H](OC)[C@@H](C)[C@H]1O[C@@H]1[C@H](O)[C@@H](C)/C=C/C=C(\C)[C@H]1O[C@@H](OC)CC(CC[C@H](OC)[C@@H](C)[C@H]2O[C@@H]2[C@H](O)[C@@H](C)/C=C/C=C(\C)[C@H]2O[C@@H](OC)CC[C@H]2OC)[C@@H]1OC. The number of rotatable bonds is 24. The highest BCUT2D eigenvalue weighted by Gasteiger charge is 2.52. The van der Waals surface area contributed by atoms with E-state index in [9.17, 15) is 10.2 Å². The van der Waals surface area contributed by atoms with E-state index in [0.29, 0.717) is 6.42 Å². The molecule has 1 unspecified atom stereocenters. The van der Waals surface area contributed by atoms with Crippen LogP contribution >= 0.6 is 0 Å². The summed E-state index contributed by atoms with van der Waals surface area (Å²) in [6.07, 6.45) is 14.0. The van der Waals surface area contributed by atoms with Crippen molar-refractivity contribution in [2.75, 3.05) is 42.7 Å². The van der Waals surface area contributed by atoms with Gasteiger partial charge in [0.05, 0.1) is 48.8 Å². The molecule has 12 nitrogen and oxygen atoms in total. The quantitative estimate of drug-likeness (QED) is 0.0805. The van der Waals surface area contributed by atoms with Gasteiger partial charge in [0.1, 0.15) is 24.4 Å². The van der Waals surface area contributed by atoms with Gasteiger partial charge in [-0.1, -0.05) is 71.1 Å². The number of aliphatic hydroxyl groups is 2. The Hall–Kier alpha value is -1.52. The predicted octanol–water partition coefficient (Wildman–Crippen LogP) is 6.57. The van der Waals surface area contributed by atoms with Crippen LogP contribution in [0.1, 0.15) is 87.0 Å². The molecule has 4 heterocycles. The van der Waals surface area contributed by atoms with E-state index in [4.69, 9.17) is 47.4 Å². The number of aliphatic hydroxyl groups excluding tert-OH is 2. The van der Waals surface area contributed by atoms with Gasteiger partial charge in [0.25, 0.3) is 0 Å². The van der Waals surface area contributed by atoms with Crippen molar-refractivity contribution >= 4 is 0 Å². The van der Waals surface area contributed by atoms with Gasteiger partial charge < -0.3 is 57.6 Å². The van der Waals surface area contributed by atoms with Crippen LogP contribution in [-0.4, -0.2) is 139 Å². The standard InChI is InChI=1S/C46H78O12/c1-14-33(49-8)30(6)42-45(57-42)38(47)27(3)18-16-20-29(5)41-44(54-13)32(25-37(53-12)56-41)21-22-34(50-9)31(7)43-46(58-43)39(48)26(2)17-15-19-28(4)40-35(51-10)23-24-36(52-11)55-40/h15-20,26-27,30-48H,14,21-25H2,1-13H3/b17-15+,18-16+,28-19+,29-20+/t26-,27-,30+,31+,32?,33-,34-,35+,36+,37+,38+,39+,40+,41+,42+,43+,44-,45+,46+/m0/s1. The second kappa shape index (κ2) is 23.6. The lowest BCUT2D eigenvalue weighted by molar-refractivity contribution is -0.225. The molecule has 4 aliphatic heterocycles. The van der Waals surface area contributed by atoms with Crippen molar-refractivity contribution in [3.05, 3.63) is 47.6 Å². The molecule has 4 rings (SSSR count). The van der Waals surface area contributed by atoms with Crippen molar-refractivity contribution in [1.29, 1.82) is 0 Å². The summed E-state index contributed by atoms with van der Waals surface area (Å²) in [6, 6.07) is 0. The van der Waals surface area contributed by atoms with Gasteiger partial charge in [0.15, 0.2) is 12.6 Å². The third-order valence-corrected chi connectivity index (χ3v) is 13.3. The first-order valence-corrected chi connectivity index (χ1v) is 21.6. The molecular weight excluding hydrogens is 744 g/mol. The monoisotopic (exact) mass is 823 g/mol. The summed E-state index contributed by atoms with van der Waals surface area (Å²) in [6.45, 7) is 14.5. The molecule has 0 spiro atoms. The Morgan fingerprint density at radius 1 is 0.638 bits per heavy atom. The van der Waals surface area contributed by atoms with E-state index in [1.54, 1.807) is 42.7 Å². The van der Waals surface area contributed by atoms with E-state index in [-0.39, 0.29) is 103 Å². The average Bonchev–Trinajstić information content (AvgIpc) is 4.18. The van der Waals surface area contributed by atoms with Crippen molar-refractivity contribution in [3.8, 4) is 0 Å². The van der Waals surface area contributed by atoms with Gasteiger partial charge in [-0.05, 0) is 56.6 Å². The van der Waals surface area contributed by atoms with Gasteiger partial charge in [-0.25, -0.2) is 0 Å². The van der Waals surface area contributed by atoms with Crippen molar-refractivity contribution in [1.82, 2.24) is 0 Å². The van der Waals surface area contributed by atoms with Crippen LogP contribution in [0.5, 0.6) is 0 Å². The van der Waals surface area contributed by atoms with Crippen LogP contribution in [0.15, 0.2) is 47.6 Å². The van der Waals surface area contributed by atoms with Gasteiger partial charge in [0, 0.05) is 79.2 Å². The van der Waals surface area contributed by atoms with E-state index in [2.05, 4.69) is 27.7 Å². The summed E-state index contributed by atoms with van der Waals surface area (Å²) in [7, 11) is 10.3. The Labute approximate surface area is 349 Å². The Balaban J connectivity index is 1.29. The third kappa shape index (κ3) is 12.8. The second-order valence-corrected chi connectivity index (χ2v) is 17.2. The number of methoxy groups -OCH3 is 6. The zero-order valence-electron chi connectivity index (χ0n) is 37.7. The second-order valence-electron chi connectivity index (χ2n) is 17.2. The number of allylic oxidation sites excluding steroid dienone is 4. The minimum atomic E-state index is -0.644. The fraction of sp³-hybridized carbons (Fsp3) is 0.826. The lowest BCUT2D eigenvalue weighted by Crippen LogP contribution is -2.47. The number of hydrogen-bond acceptors (Lipinski definition) is 12. The van der Waals surface area contributed by atoms with Crippen molar-refractivity contribution in [2.45, 2.75) is 173 Å². The van der Waals surface area contributed by atoms with Gasteiger partial charge in [-0.3, -0.25) is 0 Å². The summed E-state index contributed by atoms with van der Waals surface area (Å²) in [5, 5.41) is 22.3. The van der Waals surface area contributed by atoms with E-state index >= 15 is 0 Å². The molecule has 4 aliphatic rings. The molecule has 0 bridgehead atoms. The van der Waals surface area contributed by atoms with E-state index in [0.717, 1.165) is 43.3 Å². The molecule has 58 heavy (non-hydrogen) atoms. The molecule has 0 saturated carbocycles. The molecule has 2 N–H and O–H groups in total. The van der Waals surface area contributed by atoms with Crippen LogP contribution in [-0.2, 0) is 47.4 Å². The highest BCUT2D eigenvalue weighted by atomic mass is 16.7. The van der Waals surface area contributed by atoms with E-state index in [1.165, 1.54) is 0 Å². The van der Waals surface area contributed by atoms with Crippen LogP contribution < -0.4 is 0 Å². The zero-order valence-corrected chi connectivity index (χ0v) is 37.7. The molecule has 12 heteroatoms. The molecule has 4 saturated heterocycles. The molecule has 4 fully saturated rings. The van der Waals surface area contributed by atoms with Gasteiger partial charge in [0.2, 0.25) is 0 Å². The van der Waals surface area contributed by atoms with Crippen molar-refractivity contribution in [3.63, 3.8) is 0 Å². The Morgan fingerprint density at radius 3 is 1.64 bits per heavy atom. The predicted molar refractivity (Wildman–Crippen MR) is 223 cm³/mol. The maximum atomic E-state index is 11.3. The molecule has 0 amide bonds. The van der Waals surface area contributed by atoms with Gasteiger partial charge >= 0.3 is 0 Å². The van der Waals surface area contributed by atoms with Gasteiger partial charge in [-0.15, -0.1) is 0 Å². The minimum absolute atomic E-state index is 0.00621. The van der Waals surface area contributed by atoms with Crippen molar-refractivity contribution in [2.24, 2.45) is 29.6 Å². The summed E-state index contributed by atoms with van der Waals surface area (Å²) in [4.78, 5) is 0. The fourth-order valence-electron chi connectivity index (χ4n) is 9.23. The van der Waals surface area contributed by atoms with Crippen LogP contribution in [0, 0.1) is 29.6 Å². The topological polar surface area (TPSA) is 139 Å². The normalized spacial score (nSPS) is 36.4. The Bertz CT molecular complexity index is 1330. The molecule has 0 aliphatic carbocycles. The maximum Gasteiger partial charge on any atom is 0.158 e. The number of epoxide rings is 2. The summed E-state index contributed by atoms with van der Waals surface area (Å²) >= 11 is 0. The van der Waals surface area contributed by atoms with Crippen LogP contribution in [0.2, 0.25) is 0 Å². The molecule has 334 valence electrons. The summed E-state index contributed by atoms with van der Waals surface area (Å²) in [5.74, 6) is 0.262. The number of ether oxygens (including phenoxy) is 10. The lowest BCUT2D eigenvalue weighted by atomic mass is 9.82. The molecule has 19 atom stereocenters. The van der Waals surface area contributed by atoms with Crippen LogP contribution in [0.3, 0.4) is 0 Å². The highest BCUT2D eigenvalue weighted by Crippen LogP contribution is 2.41. The molecule has 0 aromatic carbocycles. The third-order valence-electron chi connectivity index (χ3n) is 13.3. The van der Waals surface area contributed by atoms with E-state index in [1.807, 2.05) is 57.2 Å². The Morgan fingerprint density at radius 2 is 1.16 bits per heavy atom. The first kappa shape index (κ1) is 49.1. The fourth-order valence-corrected chi connectivity index (χ4v) is 9.23. The lowest BCUT2D eigenvalue weighted by Gasteiger charge is -2.41. The first-order chi connectivity index (χ1) is 27.8. The number of hydrogen-bond donors (Lipinski definition) is 2. The van der Waals surface area contributed by atoms with Gasteiger partial charge in [-0.2, -0.15) is 0 Å². The van der Waals surface area contributed by atoms with E-state index < -0.39 is 12.2 Å². The molecule has 0 aromatic rings. The van der Waals surface area contributed by atoms with Crippen LogP contribution in [0.25, 0.3) is 0 Å². The highest BCUT2D eigenvalue weighted by molar-refractivity contribution is 5.19.